The van der Waals surface area contributed by atoms with Crippen LogP contribution in [-0.2, 0) is 11.2 Å². The van der Waals surface area contributed by atoms with Crippen LogP contribution in [-0.4, -0.2) is 18.9 Å². The van der Waals surface area contributed by atoms with Gasteiger partial charge in [0.1, 0.15) is 4.47 Å². The molecule has 62 valence electrons. The summed E-state index contributed by atoms with van der Waals surface area (Å²) in [6.07, 6.45) is 0.682. The van der Waals surface area contributed by atoms with E-state index in [1.54, 1.807) is 7.11 Å². The van der Waals surface area contributed by atoms with E-state index in [9.17, 15) is 0 Å². The number of nitrogen functional groups attached to an aromatic ring is 1. The first-order valence-electron chi connectivity index (χ1n) is 3.14. The van der Waals surface area contributed by atoms with Gasteiger partial charge in [-0.25, -0.2) is 0 Å². The summed E-state index contributed by atoms with van der Waals surface area (Å²) in [5.41, 5.74) is 5.42. The molecule has 0 bridgehead atoms. The van der Waals surface area contributed by atoms with Crippen molar-refractivity contribution in [2.45, 2.75) is 6.42 Å². The number of hydrogen-bond acceptors (Lipinski definition) is 4. The molecule has 0 spiro atoms. The highest BCUT2D eigenvalue weighted by molar-refractivity contribution is 9.10. The number of methoxy groups -OCH3 is 1. The second kappa shape index (κ2) is 3.73. The van der Waals surface area contributed by atoms with Gasteiger partial charge in [-0.3, -0.25) is 0 Å². The van der Waals surface area contributed by atoms with Crippen LogP contribution in [0.25, 0.3) is 0 Å². The van der Waals surface area contributed by atoms with E-state index in [2.05, 4.69) is 21.1 Å². The maximum atomic E-state index is 5.42. The third kappa shape index (κ3) is 1.94. The molecule has 5 heteroatoms. The van der Waals surface area contributed by atoms with Crippen molar-refractivity contribution >= 4 is 21.7 Å². The van der Waals surface area contributed by atoms with Crippen molar-refractivity contribution in [2.75, 3.05) is 19.5 Å². The van der Waals surface area contributed by atoms with Crippen molar-refractivity contribution < 1.29 is 9.26 Å². The zero-order valence-corrected chi connectivity index (χ0v) is 7.72. The second-order valence-corrected chi connectivity index (χ2v) is 2.84. The van der Waals surface area contributed by atoms with E-state index in [0.717, 1.165) is 10.2 Å². The Hall–Kier alpha value is -0.550. The smallest absolute Gasteiger partial charge is 0.181 e. The van der Waals surface area contributed by atoms with Crippen LogP contribution in [0.5, 0.6) is 0 Å². The Labute approximate surface area is 72.8 Å². The molecule has 1 heterocycles. The molecule has 1 aromatic heterocycles. The molecular weight excluding hydrogens is 212 g/mol. The number of ether oxygens (including phenoxy) is 1. The minimum Gasteiger partial charge on any atom is -0.384 e. The standard InChI is InChI=1S/C6H9BrN2O2/c1-10-3-2-4-5(7)6(8)9-11-4/h2-3H2,1H3,(H2,8,9). The number of hydrogen-bond donors (Lipinski definition) is 1. The van der Waals surface area contributed by atoms with Crippen molar-refractivity contribution in [1.82, 2.24) is 5.16 Å². The average Bonchev–Trinajstić information content (AvgIpc) is 2.31. The molecule has 0 radical (unpaired) electrons. The summed E-state index contributed by atoms with van der Waals surface area (Å²) in [4.78, 5) is 0. The second-order valence-electron chi connectivity index (χ2n) is 2.05. The average molecular weight is 221 g/mol. The summed E-state index contributed by atoms with van der Waals surface area (Å²) in [5, 5.41) is 3.57. The van der Waals surface area contributed by atoms with Crippen LogP contribution in [0.2, 0.25) is 0 Å². The maximum Gasteiger partial charge on any atom is 0.181 e. The number of rotatable bonds is 3. The zero-order chi connectivity index (χ0) is 8.27. The first-order valence-corrected chi connectivity index (χ1v) is 3.93. The number of nitrogens with two attached hydrogens (primary N) is 1. The van der Waals surface area contributed by atoms with Crippen LogP contribution < -0.4 is 5.73 Å². The van der Waals surface area contributed by atoms with E-state index in [4.69, 9.17) is 15.0 Å². The topological polar surface area (TPSA) is 61.3 Å². The fourth-order valence-electron chi connectivity index (χ4n) is 0.677. The normalized spacial score (nSPS) is 10.4. The van der Waals surface area contributed by atoms with Gasteiger partial charge in [0.2, 0.25) is 0 Å². The van der Waals surface area contributed by atoms with Gasteiger partial charge >= 0.3 is 0 Å². The molecule has 11 heavy (non-hydrogen) atoms. The van der Waals surface area contributed by atoms with Crippen molar-refractivity contribution in [1.29, 1.82) is 0 Å². The lowest BCUT2D eigenvalue weighted by molar-refractivity contribution is 0.193. The third-order valence-electron chi connectivity index (χ3n) is 1.26. The largest absolute Gasteiger partial charge is 0.384 e. The summed E-state index contributed by atoms with van der Waals surface area (Å²) >= 11 is 3.24. The Kier molecular flexibility index (Phi) is 2.90. The van der Waals surface area contributed by atoms with Gasteiger partial charge in [0.05, 0.1) is 6.61 Å². The van der Waals surface area contributed by atoms with E-state index in [0.29, 0.717) is 18.8 Å². The fraction of sp³-hybridized carbons (Fsp3) is 0.500. The first kappa shape index (κ1) is 8.55. The van der Waals surface area contributed by atoms with Crippen LogP contribution in [0.1, 0.15) is 5.76 Å². The van der Waals surface area contributed by atoms with E-state index in [1.807, 2.05) is 0 Å². The van der Waals surface area contributed by atoms with Crippen LogP contribution in [0, 0.1) is 0 Å². The number of halogens is 1. The lowest BCUT2D eigenvalue weighted by Gasteiger charge is -1.93. The molecule has 0 unspecified atom stereocenters. The van der Waals surface area contributed by atoms with Crippen LogP contribution >= 0.6 is 15.9 Å². The Bertz CT molecular complexity index is 236. The number of nitrogens with zero attached hydrogens (tertiary/aromatic N) is 1. The Morgan fingerprint density at radius 2 is 2.45 bits per heavy atom. The van der Waals surface area contributed by atoms with Gasteiger partial charge in [-0.1, -0.05) is 5.16 Å². The van der Waals surface area contributed by atoms with Crippen molar-refractivity contribution in [3.63, 3.8) is 0 Å². The molecule has 2 N–H and O–H groups in total. The van der Waals surface area contributed by atoms with Gasteiger partial charge in [0.25, 0.3) is 0 Å². The van der Waals surface area contributed by atoms with Crippen LogP contribution in [0.15, 0.2) is 9.00 Å². The monoisotopic (exact) mass is 220 g/mol. The lowest BCUT2D eigenvalue weighted by Crippen LogP contribution is -1.93. The molecule has 1 rings (SSSR count). The van der Waals surface area contributed by atoms with Gasteiger partial charge in [-0.15, -0.1) is 0 Å². The summed E-state index contributed by atoms with van der Waals surface area (Å²) in [6, 6.07) is 0. The quantitative estimate of drug-likeness (QED) is 0.833. The van der Waals surface area contributed by atoms with Gasteiger partial charge in [-0.05, 0) is 15.9 Å². The Morgan fingerprint density at radius 3 is 2.91 bits per heavy atom. The fourth-order valence-corrected chi connectivity index (χ4v) is 1.02. The van der Waals surface area contributed by atoms with Gasteiger partial charge < -0.3 is 15.0 Å². The van der Waals surface area contributed by atoms with Gasteiger partial charge in [0.15, 0.2) is 11.6 Å². The third-order valence-corrected chi connectivity index (χ3v) is 2.11. The first-order chi connectivity index (χ1) is 5.25. The molecule has 4 nitrogen and oxygen atoms in total. The minimum atomic E-state index is 0.385. The maximum absolute atomic E-state index is 5.42. The Balaban J connectivity index is 2.63. The van der Waals surface area contributed by atoms with Crippen molar-refractivity contribution in [3.05, 3.63) is 10.2 Å². The minimum absolute atomic E-state index is 0.385. The molecule has 0 aliphatic carbocycles. The van der Waals surface area contributed by atoms with E-state index >= 15 is 0 Å². The summed E-state index contributed by atoms with van der Waals surface area (Å²) < 4.78 is 10.5. The molecule has 1 aromatic rings. The van der Waals surface area contributed by atoms with E-state index in [-0.39, 0.29) is 0 Å². The van der Waals surface area contributed by atoms with E-state index in [1.165, 1.54) is 0 Å². The molecule has 0 atom stereocenters. The van der Waals surface area contributed by atoms with Crippen molar-refractivity contribution in [3.8, 4) is 0 Å². The predicted molar refractivity (Wildman–Crippen MR) is 44.2 cm³/mol. The summed E-state index contributed by atoms with van der Waals surface area (Å²) in [7, 11) is 1.63. The summed E-state index contributed by atoms with van der Waals surface area (Å²) in [6.45, 7) is 0.604. The van der Waals surface area contributed by atoms with Gasteiger partial charge in [0, 0.05) is 13.5 Å². The Morgan fingerprint density at radius 1 is 1.73 bits per heavy atom. The molecule has 0 aliphatic heterocycles. The number of aromatic nitrogens is 1. The highest BCUT2D eigenvalue weighted by atomic mass is 79.9. The van der Waals surface area contributed by atoms with Crippen molar-refractivity contribution in [2.24, 2.45) is 0 Å². The SMILES string of the molecule is COCCc1onc(N)c1Br. The van der Waals surface area contributed by atoms with E-state index < -0.39 is 0 Å². The molecule has 0 saturated carbocycles. The molecule has 0 fully saturated rings. The molecule has 0 aromatic carbocycles. The zero-order valence-electron chi connectivity index (χ0n) is 6.13. The highest BCUT2D eigenvalue weighted by Gasteiger charge is 2.09. The lowest BCUT2D eigenvalue weighted by atomic mass is 10.3. The predicted octanol–water partition coefficient (Wildman–Crippen LogP) is 1.21. The summed E-state index contributed by atoms with van der Waals surface area (Å²) in [5.74, 6) is 1.11. The molecule has 0 aliphatic rings. The van der Waals surface area contributed by atoms with Crippen LogP contribution in [0.4, 0.5) is 5.82 Å². The molecular formula is C6H9BrN2O2. The van der Waals surface area contributed by atoms with Crippen LogP contribution in [0.3, 0.4) is 0 Å². The van der Waals surface area contributed by atoms with Gasteiger partial charge in [-0.2, -0.15) is 0 Å². The number of anilines is 1. The highest BCUT2D eigenvalue weighted by Crippen LogP contribution is 2.23. The molecule has 0 saturated heterocycles. The molecule has 0 amide bonds.